The number of fused-ring (bicyclic) bond motifs is 1. The number of pyridine rings is 1. The van der Waals surface area contributed by atoms with Crippen molar-refractivity contribution < 1.29 is 14.2 Å². The van der Waals surface area contributed by atoms with Gasteiger partial charge in [0.05, 0.1) is 49.1 Å². The lowest BCUT2D eigenvalue weighted by Crippen LogP contribution is -2.09. The van der Waals surface area contributed by atoms with Gasteiger partial charge in [0.2, 0.25) is 11.7 Å². The summed E-state index contributed by atoms with van der Waals surface area (Å²) in [6.45, 7) is 2.09. The van der Waals surface area contributed by atoms with Gasteiger partial charge in [0, 0.05) is 0 Å². The molecule has 26 heavy (non-hydrogen) atoms. The number of halogens is 2. The molecule has 0 aromatic carbocycles. The number of aromatic nitrogens is 5. The summed E-state index contributed by atoms with van der Waals surface area (Å²) in [7, 11) is 4.55. The number of ether oxygens (including phenoxy) is 3. The molecule has 3 heterocycles. The highest BCUT2D eigenvalue weighted by Gasteiger charge is 2.23. The molecule has 3 aromatic rings. The van der Waals surface area contributed by atoms with Crippen LogP contribution in [0.1, 0.15) is 11.4 Å². The van der Waals surface area contributed by atoms with Crippen LogP contribution in [0, 0.1) is 6.92 Å². The Morgan fingerprint density at radius 3 is 2.38 bits per heavy atom. The van der Waals surface area contributed by atoms with Crippen LogP contribution in [0.2, 0.25) is 5.15 Å². The minimum Gasteiger partial charge on any atom is -0.492 e. The minimum absolute atomic E-state index is 0.0700. The zero-order chi connectivity index (χ0) is 19.0. The van der Waals surface area contributed by atoms with E-state index in [9.17, 15) is 0 Å². The van der Waals surface area contributed by atoms with Gasteiger partial charge in [-0.15, -0.1) is 0 Å². The van der Waals surface area contributed by atoms with Gasteiger partial charge in [-0.1, -0.05) is 11.6 Å². The number of nitrogen functional groups attached to an aromatic ring is 1. The predicted octanol–water partition coefficient (Wildman–Crippen LogP) is 2.60. The van der Waals surface area contributed by atoms with Gasteiger partial charge in [0.15, 0.2) is 11.4 Å². The standard InChI is InChI=1S/C15H16BrClN6O3/c1-6-8-12(17)20-15(18)21-13(8)23(22-6)5-7-9(16)10(24-2)11(25-3)14(19-7)26-4/h5H2,1-4H3,(H2,18,20,21). The minimum atomic E-state index is 0.0700. The molecule has 11 heteroatoms. The Hall–Kier alpha value is -2.33. The quantitative estimate of drug-likeness (QED) is 0.599. The van der Waals surface area contributed by atoms with E-state index in [2.05, 4.69) is 36.0 Å². The van der Waals surface area contributed by atoms with Crippen molar-refractivity contribution in [2.75, 3.05) is 27.1 Å². The van der Waals surface area contributed by atoms with Crippen molar-refractivity contribution in [2.24, 2.45) is 0 Å². The number of hydrogen-bond acceptors (Lipinski definition) is 8. The van der Waals surface area contributed by atoms with Crippen molar-refractivity contribution in [1.82, 2.24) is 24.7 Å². The maximum absolute atomic E-state index is 6.18. The van der Waals surface area contributed by atoms with Crippen molar-refractivity contribution >= 4 is 44.5 Å². The van der Waals surface area contributed by atoms with Crippen LogP contribution in [0.4, 0.5) is 5.95 Å². The predicted molar refractivity (Wildman–Crippen MR) is 100 cm³/mol. The summed E-state index contributed by atoms with van der Waals surface area (Å²) in [5.41, 5.74) is 7.54. The van der Waals surface area contributed by atoms with Crippen LogP contribution in [-0.2, 0) is 6.54 Å². The molecule has 138 valence electrons. The zero-order valence-electron chi connectivity index (χ0n) is 14.5. The molecule has 0 bridgehead atoms. The van der Waals surface area contributed by atoms with Gasteiger partial charge in [0.25, 0.3) is 5.88 Å². The molecule has 0 saturated heterocycles. The summed E-state index contributed by atoms with van der Waals surface area (Å²) in [5, 5.41) is 5.38. The SMILES string of the molecule is COc1nc(Cn2nc(C)c3c(Cl)nc(N)nc32)c(Br)c(OC)c1OC. The molecule has 0 aliphatic heterocycles. The first-order valence-corrected chi connectivity index (χ1v) is 8.58. The first-order chi connectivity index (χ1) is 12.4. The van der Waals surface area contributed by atoms with Crippen LogP contribution >= 0.6 is 27.5 Å². The van der Waals surface area contributed by atoms with Gasteiger partial charge < -0.3 is 19.9 Å². The lowest BCUT2D eigenvalue weighted by molar-refractivity contribution is 0.312. The van der Waals surface area contributed by atoms with E-state index >= 15 is 0 Å². The first-order valence-electron chi connectivity index (χ1n) is 7.41. The molecule has 0 atom stereocenters. The van der Waals surface area contributed by atoms with Crippen LogP contribution < -0.4 is 19.9 Å². The molecule has 0 saturated carbocycles. The molecule has 0 spiro atoms. The maximum Gasteiger partial charge on any atom is 0.261 e. The van der Waals surface area contributed by atoms with E-state index in [4.69, 9.17) is 31.5 Å². The second-order valence-corrected chi connectivity index (χ2v) is 6.41. The lowest BCUT2D eigenvalue weighted by Gasteiger charge is -2.15. The van der Waals surface area contributed by atoms with Gasteiger partial charge in [0.1, 0.15) is 5.15 Å². The van der Waals surface area contributed by atoms with Gasteiger partial charge >= 0.3 is 0 Å². The van der Waals surface area contributed by atoms with E-state index in [1.807, 2.05) is 6.92 Å². The highest BCUT2D eigenvalue weighted by Crippen LogP contribution is 2.43. The first kappa shape index (κ1) is 18.5. The fourth-order valence-corrected chi connectivity index (χ4v) is 3.49. The van der Waals surface area contributed by atoms with Crippen molar-refractivity contribution in [3.8, 4) is 17.4 Å². The van der Waals surface area contributed by atoms with E-state index < -0.39 is 0 Å². The topological polar surface area (TPSA) is 110 Å². The van der Waals surface area contributed by atoms with Gasteiger partial charge in [-0.2, -0.15) is 10.1 Å². The van der Waals surface area contributed by atoms with Gasteiger partial charge in [-0.05, 0) is 22.9 Å². The second kappa shape index (κ2) is 7.12. The van der Waals surface area contributed by atoms with Crippen LogP contribution in [0.3, 0.4) is 0 Å². The molecule has 0 aliphatic carbocycles. The maximum atomic E-state index is 6.18. The summed E-state index contributed by atoms with van der Waals surface area (Å²) in [5.74, 6) is 1.22. The smallest absolute Gasteiger partial charge is 0.261 e. The molecule has 9 nitrogen and oxygen atoms in total. The Morgan fingerprint density at radius 1 is 1.08 bits per heavy atom. The zero-order valence-corrected chi connectivity index (χ0v) is 16.8. The molecule has 0 fully saturated rings. The molecule has 0 unspecified atom stereocenters. The molecule has 0 radical (unpaired) electrons. The summed E-state index contributed by atoms with van der Waals surface area (Å²) in [6.07, 6.45) is 0. The third-order valence-electron chi connectivity index (χ3n) is 3.73. The number of nitrogens with two attached hydrogens (primary N) is 1. The van der Waals surface area contributed by atoms with E-state index in [0.717, 1.165) is 0 Å². The highest BCUT2D eigenvalue weighted by molar-refractivity contribution is 9.10. The van der Waals surface area contributed by atoms with Gasteiger partial charge in [-0.3, -0.25) is 0 Å². The van der Waals surface area contributed by atoms with Crippen LogP contribution in [0.25, 0.3) is 11.0 Å². The third kappa shape index (κ3) is 2.99. The average molecular weight is 444 g/mol. The third-order valence-corrected chi connectivity index (χ3v) is 4.82. The number of hydrogen-bond donors (Lipinski definition) is 1. The van der Waals surface area contributed by atoms with Crippen molar-refractivity contribution in [2.45, 2.75) is 13.5 Å². The number of nitrogens with zero attached hydrogens (tertiary/aromatic N) is 5. The van der Waals surface area contributed by atoms with E-state index in [0.29, 0.717) is 44.3 Å². The van der Waals surface area contributed by atoms with E-state index in [-0.39, 0.29) is 17.6 Å². The molecule has 2 N–H and O–H groups in total. The second-order valence-electron chi connectivity index (χ2n) is 5.26. The Labute approximate surface area is 162 Å². The summed E-state index contributed by atoms with van der Waals surface area (Å²) >= 11 is 9.69. The Bertz CT molecular complexity index is 994. The Morgan fingerprint density at radius 2 is 1.77 bits per heavy atom. The summed E-state index contributed by atoms with van der Waals surface area (Å²) in [4.78, 5) is 12.7. The fraction of sp³-hybridized carbons (Fsp3) is 0.333. The van der Waals surface area contributed by atoms with E-state index in [1.54, 1.807) is 4.68 Å². The molecule has 3 rings (SSSR count). The monoisotopic (exact) mass is 442 g/mol. The molecular weight excluding hydrogens is 428 g/mol. The summed E-state index contributed by atoms with van der Waals surface area (Å²) in [6, 6.07) is 0. The molecule has 3 aromatic heterocycles. The lowest BCUT2D eigenvalue weighted by atomic mass is 10.3. The van der Waals surface area contributed by atoms with Crippen molar-refractivity contribution in [3.63, 3.8) is 0 Å². The highest BCUT2D eigenvalue weighted by atomic mass is 79.9. The largest absolute Gasteiger partial charge is 0.492 e. The molecule has 0 amide bonds. The van der Waals surface area contributed by atoms with E-state index in [1.165, 1.54) is 21.3 Å². The fourth-order valence-electron chi connectivity index (χ4n) is 2.62. The van der Waals surface area contributed by atoms with Crippen LogP contribution in [0.15, 0.2) is 4.47 Å². The van der Waals surface area contributed by atoms with Gasteiger partial charge in [-0.25, -0.2) is 14.6 Å². The number of rotatable bonds is 5. The Kier molecular flexibility index (Phi) is 5.05. The number of methoxy groups -OCH3 is 3. The summed E-state index contributed by atoms with van der Waals surface area (Å²) < 4.78 is 18.3. The normalized spacial score (nSPS) is 11.0. The number of anilines is 1. The van der Waals surface area contributed by atoms with Crippen molar-refractivity contribution in [1.29, 1.82) is 0 Å². The molecular formula is C15H16BrClN6O3. The Balaban J connectivity index is 2.17. The average Bonchev–Trinajstić information content (AvgIpc) is 2.91. The number of aryl methyl sites for hydroxylation is 1. The van der Waals surface area contributed by atoms with Crippen LogP contribution in [0.5, 0.6) is 17.4 Å². The van der Waals surface area contributed by atoms with Crippen molar-refractivity contribution in [3.05, 3.63) is 21.0 Å². The van der Waals surface area contributed by atoms with Crippen LogP contribution in [-0.4, -0.2) is 46.1 Å². The molecule has 0 aliphatic rings.